The first-order chi connectivity index (χ1) is 14.4. The number of aryl methyl sites for hydroxylation is 1. The van der Waals surface area contributed by atoms with Crippen LogP contribution in [-0.2, 0) is 16.4 Å². The summed E-state index contributed by atoms with van der Waals surface area (Å²) in [5.74, 6) is 1.44. The van der Waals surface area contributed by atoms with Gasteiger partial charge in [-0.1, -0.05) is 29.8 Å². The largest absolute Gasteiger partial charge is 0.497 e. The first-order valence-corrected chi connectivity index (χ1v) is 11.0. The van der Waals surface area contributed by atoms with E-state index < -0.39 is 10.0 Å². The highest BCUT2D eigenvalue weighted by Crippen LogP contribution is 2.38. The standard InChI is InChI=1S/C24H23NO4S/c1-17-4-11-23(12-5-17)30(26,27)25-16-20(18-6-8-21(28-2)9-7-18)14-19-15-22(29-3)10-13-24(19)25/h4-13,15-16H,14H2,1-3H3. The van der Waals surface area contributed by atoms with Crippen molar-refractivity contribution in [2.24, 2.45) is 0 Å². The molecule has 30 heavy (non-hydrogen) atoms. The molecule has 6 heteroatoms. The van der Waals surface area contributed by atoms with Crippen LogP contribution in [0.4, 0.5) is 5.69 Å². The average molecular weight is 422 g/mol. The average Bonchev–Trinajstić information content (AvgIpc) is 2.78. The zero-order chi connectivity index (χ0) is 21.3. The zero-order valence-corrected chi connectivity index (χ0v) is 17.9. The molecule has 0 N–H and O–H groups in total. The number of fused-ring (bicyclic) bond motifs is 1. The Morgan fingerprint density at radius 1 is 0.833 bits per heavy atom. The van der Waals surface area contributed by atoms with Crippen molar-refractivity contribution in [1.29, 1.82) is 0 Å². The molecule has 3 aromatic carbocycles. The van der Waals surface area contributed by atoms with Crippen LogP contribution in [0.2, 0.25) is 0 Å². The molecule has 0 bridgehead atoms. The van der Waals surface area contributed by atoms with Gasteiger partial charge in [0.1, 0.15) is 11.5 Å². The number of benzene rings is 3. The molecule has 0 atom stereocenters. The lowest BCUT2D eigenvalue weighted by Gasteiger charge is -2.29. The molecule has 4 rings (SSSR count). The van der Waals surface area contributed by atoms with Crippen molar-refractivity contribution < 1.29 is 17.9 Å². The van der Waals surface area contributed by atoms with Gasteiger partial charge in [-0.25, -0.2) is 12.7 Å². The van der Waals surface area contributed by atoms with Crippen LogP contribution in [0.3, 0.4) is 0 Å². The molecule has 0 radical (unpaired) electrons. The number of hydrogen-bond acceptors (Lipinski definition) is 4. The maximum atomic E-state index is 13.5. The van der Waals surface area contributed by atoms with Crippen LogP contribution >= 0.6 is 0 Å². The second kappa shape index (κ2) is 7.88. The fourth-order valence-electron chi connectivity index (χ4n) is 3.51. The molecule has 0 aliphatic carbocycles. The predicted molar refractivity (Wildman–Crippen MR) is 119 cm³/mol. The number of ether oxygens (including phenoxy) is 2. The summed E-state index contributed by atoms with van der Waals surface area (Å²) in [7, 11) is -0.553. The van der Waals surface area contributed by atoms with E-state index in [1.54, 1.807) is 56.8 Å². The van der Waals surface area contributed by atoms with Crippen molar-refractivity contribution in [3.63, 3.8) is 0 Å². The fraction of sp³-hybridized carbons (Fsp3) is 0.167. The van der Waals surface area contributed by atoms with Gasteiger partial charge < -0.3 is 9.47 Å². The lowest BCUT2D eigenvalue weighted by Crippen LogP contribution is -2.29. The number of nitrogens with zero attached hydrogens (tertiary/aromatic N) is 1. The van der Waals surface area contributed by atoms with Gasteiger partial charge in [0.2, 0.25) is 0 Å². The molecule has 0 aromatic heterocycles. The van der Waals surface area contributed by atoms with E-state index in [0.717, 1.165) is 28.0 Å². The van der Waals surface area contributed by atoms with Gasteiger partial charge in [-0.15, -0.1) is 0 Å². The molecule has 1 aliphatic rings. The summed E-state index contributed by atoms with van der Waals surface area (Å²) in [6.07, 6.45) is 2.31. The van der Waals surface area contributed by atoms with E-state index in [2.05, 4.69) is 0 Å². The molecule has 0 spiro atoms. The number of allylic oxidation sites excluding steroid dienone is 1. The molecule has 0 saturated heterocycles. The molecular weight excluding hydrogens is 398 g/mol. The summed E-state index contributed by atoms with van der Waals surface area (Å²) >= 11 is 0. The highest BCUT2D eigenvalue weighted by atomic mass is 32.2. The van der Waals surface area contributed by atoms with Gasteiger partial charge in [0.25, 0.3) is 10.0 Å². The third-order valence-corrected chi connectivity index (χ3v) is 6.90. The molecule has 0 saturated carbocycles. The Kier molecular flexibility index (Phi) is 5.26. The van der Waals surface area contributed by atoms with E-state index in [1.165, 1.54) is 4.31 Å². The first kappa shape index (κ1) is 20.0. The molecule has 1 heterocycles. The number of anilines is 1. The summed E-state index contributed by atoms with van der Waals surface area (Å²) in [4.78, 5) is 0.252. The summed E-state index contributed by atoms with van der Waals surface area (Å²) in [6.45, 7) is 1.93. The Morgan fingerprint density at radius 2 is 1.47 bits per heavy atom. The maximum Gasteiger partial charge on any atom is 0.268 e. The summed E-state index contributed by atoms with van der Waals surface area (Å²) in [5, 5.41) is 0. The van der Waals surface area contributed by atoms with Crippen molar-refractivity contribution in [2.75, 3.05) is 18.5 Å². The smallest absolute Gasteiger partial charge is 0.268 e. The van der Waals surface area contributed by atoms with E-state index in [1.807, 2.05) is 37.3 Å². The Balaban J connectivity index is 1.85. The van der Waals surface area contributed by atoms with E-state index >= 15 is 0 Å². The number of sulfonamides is 1. The minimum atomic E-state index is -3.77. The van der Waals surface area contributed by atoms with Crippen LogP contribution in [0.25, 0.3) is 5.57 Å². The van der Waals surface area contributed by atoms with Crippen molar-refractivity contribution in [3.8, 4) is 11.5 Å². The van der Waals surface area contributed by atoms with Crippen LogP contribution in [-0.4, -0.2) is 22.6 Å². The normalized spacial score (nSPS) is 13.4. The van der Waals surface area contributed by atoms with E-state index in [9.17, 15) is 8.42 Å². The quantitative estimate of drug-likeness (QED) is 0.594. The van der Waals surface area contributed by atoms with Crippen LogP contribution in [0.15, 0.2) is 77.8 Å². The van der Waals surface area contributed by atoms with Gasteiger partial charge in [-0.3, -0.25) is 0 Å². The van der Waals surface area contributed by atoms with Gasteiger partial charge in [-0.05, 0) is 66.1 Å². The summed E-state index contributed by atoms with van der Waals surface area (Å²) in [5.41, 5.74) is 4.36. The van der Waals surface area contributed by atoms with Gasteiger partial charge in [0.05, 0.1) is 24.8 Å². The van der Waals surface area contributed by atoms with Crippen molar-refractivity contribution in [1.82, 2.24) is 0 Å². The fourth-order valence-corrected chi connectivity index (χ4v) is 4.92. The topological polar surface area (TPSA) is 55.8 Å². The maximum absolute atomic E-state index is 13.5. The van der Waals surface area contributed by atoms with Crippen LogP contribution in [0.5, 0.6) is 11.5 Å². The Morgan fingerprint density at radius 3 is 2.10 bits per heavy atom. The molecule has 1 aliphatic heterocycles. The minimum absolute atomic E-state index is 0.252. The van der Waals surface area contributed by atoms with Gasteiger partial charge >= 0.3 is 0 Å². The van der Waals surface area contributed by atoms with E-state index in [0.29, 0.717) is 17.9 Å². The number of hydrogen-bond donors (Lipinski definition) is 0. The Labute approximate surface area is 177 Å². The highest BCUT2D eigenvalue weighted by molar-refractivity contribution is 7.93. The van der Waals surface area contributed by atoms with Gasteiger partial charge in [-0.2, -0.15) is 0 Å². The first-order valence-electron chi connectivity index (χ1n) is 9.55. The van der Waals surface area contributed by atoms with Gasteiger partial charge in [0.15, 0.2) is 0 Å². The second-order valence-corrected chi connectivity index (χ2v) is 8.98. The number of rotatable bonds is 5. The molecule has 0 fully saturated rings. The number of methoxy groups -OCH3 is 2. The third-order valence-electron chi connectivity index (χ3n) is 5.22. The van der Waals surface area contributed by atoms with Gasteiger partial charge in [0, 0.05) is 12.6 Å². The van der Waals surface area contributed by atoms with Crippen molar-refractivity contribution in [3.05, 3.63) is 89.6 Å². The molecular formula is C24H23NO4S. The lowest BCUT2D eigenvalue weighted by atomic mass is 9.95. The van der Waals surface area contributed by atoms with Crippen LogP contribution in [0, 0.1) is 6.92 Å². The highest BCUT2D eigenvalue weighted by Gasteiger charge is 2.29. The van der Waals surface area contributed by atoms with Crippen molar-refractivity contribution >= 4 is 21.3 Å². The zero-order valence-electron chi connectivity index (χ0n) is 17.1. The summed E-state index contributed by atoms with van der Waals surface area (Å²) in [6, 6.07) is 20.0. The molecule has 154 valence electrons. The monoisotopic (exact) mass is 421 g/mol. The Hall–Kier alpha value is -3.25. The van der Waals surface area contributed by atoms with Crippen molar-refractivity contribution in [2.45, 2.75) is 18.2 Å². The van der Waals surface area contributed by atoms with E-state index in [4.69, 9.17) is 9.47 Å². The summed E-state index contributed by atoms with van der Waals surface area (Å²) < 4.78 is 39.0. The lowest BCUT2D eigenvalue weighted by molar-refractivity contribution is 0.414. The second-order valence-electron chi connectivity index (χ2n) is 7.17. The third kappa shape index (κ3) is 3.66. The minimum Gasteiger partial charge on any atom is -0.497 e. The van der Waals surface area contributed by atoms with Crippen LogP contribution in [0.1, 0.15) is 16.7 Å². The SMILES string of the molecule is COc1ccc(C2=CN(S(=O)(=O)c3ccc(C)cc3)c3ccc(OC)cc3C2)cc1. The molecule has 0 amide bonds. The Bertz CT molecular complexity index is 1200. The van der Waals surface area contributed by atoms with E-state index in [-0.39, 0.29) is 4.90 Å². The molecule has 3 aromatic rings. The predicted octanol–water partition coefficient (Wildman–Crippen LogP) is 4.80. The van der Waals surface area contributed by atoms with Crippen LogP contribution < -0.4 is 13.8 Å². The molecule has 5 nitrogen and oxygen atoms in total. The molecule has 0 unspecified atom stereocenters.